The minimum Gasteiger partial charge on any atom is -0.454 e. The SMILES string of the molecule is CC(O)C(=O)N1CCC(CCn2cnc(=N)c3[nH]c(Sc4cc5c(cc4Br)OCO5)nc32)CC1. The van der Waals surface area contributed by atoms with Crippen LogP contribution in [0.5, 0.6) is 11.5 Å². The van der Waals surface area contributed by atoms with Gasteiger partial charge in [-0.15, -0.1) is 0 Å². The van der Waals surface area contributed by atoms with E-state index < -0.39 is 6.10 Å². The Kier molecular flexibility index (Phi) is 6.54. The zero-order valence-corrected chi connectivity index (χ0v) is 21.0. The molecule has 1 fully saturated rings. The number of ether oxygens (including phenoxy) is 2. The van der Waals surface area contributed by atoms with Crippen molar-refractivity contribution in [3.05, 3.63) is 28.4 Å². The van der Waals surface area contributed by atoms with E-state index in [2.05, 4.69) is 25.9 Å². The molecular weight excluding hydrogens is 524 g/mol. The van der Waals surface area contributed by atoms with Gasteiger partial charge in [0.1, 0.15) is 11.6 Å². The number of nitrogens with one attached hydrogen (secondary N) is 2. The fraction of sp³-hybridized carbons (Fsp3) is 0.455. The third kappa shape index (κ3) is 4.66. The second-order valence-electron chi connectivity index (χ2n) is 8.50. The predicted octanol–water partition coefficient (Wildman–Crippen LogP) is 2.89. The Balaban J connectivity index is 1.29. The van der Waals surface area contributed by atoms with Gasteiger partial charge in [-0.25, -0.2) is 9.97 Å². The molecular formula is C22H25BrN6O4S. The van der Waals surface area contributed by atoms with Gasteiger partial charge in [0.15, 0.2) is 27.8 Å². The van der Waals surface area contributed by atoms with Gasteiger partial charge in [-0.2, -0.15) is 0 Å². The van der Waals surface area contributed by atoms with Crippen molar-refractivity contribution in [1.82, 2.24) is 24.4 Å². The molecule has 2 aliphatic heterocycles. The van der Waals surface area contributed by atoms with E-state index in [1.807, 2.05) is 16.7 Å². The maximum atomic E-state index is 12.0. The Morgan fingerprint density at radius 3 is 2.82 bits per heavy atom. The summed E-state index contributed by atoms with van der Waals surface area (Å²) in [6, 6.07) is 3.79. The number of H-pyrrole nitrogens is 1. The second kappa shape index (κ2) is 9.59. The van der Waals surface area contributed by atoms with E-state index >= 15 is 0 Å². The highest BCUT2D eigenvalue weighted by atomic mass is 79.9. The van der Waals surface area contributed by atoms with E-state index in [1.165, 1.54) is 18.7 Å². The van der Waals surface area contributed by atoms with Gasteiger partial charge in [-0.05, 0) is 60.2 Å². The summed E-state index contributed by atoms with van der Waals surface area (Å²) in [5.41, 5.74) is 1.44. The number of fused-ring (bicyclic) bond motifs is 2. The lowest BCUT2D eigenvalue weighted by atomic mass is 9.93. The van der Waals surface area contributed by atoms with Gasteiger partial charge in [-0.1, -0.05) is 11.8 Å². The van der Waals surface area contributed by atoms with Gasteiger partial charge in [0, 0.05) is 29.0 Å². The highest BCUT2D eigenvalue weighted by molar-refractivity contribution is 9.10. The van der Waals surface area contributed by atoms with Crippen LogP contribution in [-0.4, -0.2) is 61.4 Å². The molecule has 5 rings (SSSR count). The number of aryl methyl sites for hydroxylation is 1. The maximum Gasteiger partial charge on any atom is 0.251 e. The Hall–Kier alpha value is -2.57. The number of likely N-dealkylation sites (tertiary alicyclic amines) is 1. The number of amides is 1. The van der Waals surface area contributed by atoms with Gasteiger partial charge in [0.25, 0.3) is 5.91 Å². The van der Waals surface area contributed by atoms with Crippen LogP contribution in [0.15, 0.2) is 33.0 Å². The van der Waals surface area contributed by atoms with Crippen LogP contribution in [0.25, 0.3) is 11.2 Å². The van der Waals surface area contributed by atoms with E-state index in [9.17, 15) is 9.90 Å². The molecule has 1 amide bonds. The summed E-state index contributed by atoms with van der Waals surface area (Å²) in [6.45, 7) is 3.80. The van der Waals surface area contributed by atoms with Crippen LogP contribution in [0.2, 0.25) is 0 Å². The summed E-state index contributed by atoms with van der Waals surface area (Å²) in [7, 11) is 0. The molecule has 4 heterocycles. The number of aromatic nitrogens is 4. The number of halogens is 1. The number of carbonyl (C=O) groups is 1. The lowest BCUT2D eigenvalue weighted by molar-refractivity contribution is -0.140. The fourth-order valence-corrected chi connectivity index (χ4v) is 5.66. The summed E-state index contributed by atoms with van der Waals surface area (Å²) in [5.74, 6) is 1.69. The van der Waals surface area contributed by atoms with Crippen LogP contribution in [-0.2, 0) is 11.3 Å². The van der Waals surface area contributed by atoms with Gasteiger partial charge < -0.3 is 29.0 Å². The molecule has 1 unspecified atom stereocenters. The van der Waals surface area contributed by atoms with Crippen molar-refractivity contribution in [2.45, 2.75) is 48.9 Å². The van der Waals surface area contributed by atoms with E-state index in [1.54, 1.807) is 11.2 Å². The zero-order valence-electron chi connectivity index (χ0n) is 18.6. The highest BCUT2D eigenvalue weighted by Crippen LogP contribution is 2.42. The van der Waals surface area contributed by atoms with Gasteiger partial charge in [-0.3, -0.25) is 10.2 Å². The smallest absolute Gasteiger partial charge is 0.251 e. The van der Waals surface area contributed by atoms with Crippen LogP contribution in [0, 0.1) is 11.3 Å². The molecule has 12 heteroatoms. The normalized spacial score (nSPS) is 16.9. The molecule has 2 aliphatic rings. The number of aliphatic hydroxyl groups is 1. The summed E-state index contributed by atoms with van der Waals surface area (Å²) in [6.07, 6.45) is 3.47. The second-order valence-corrected chi connectivity index (χ2v) is 10.4. The molecule has 34 heavy (non-hydrogen) atoms. The third-order valence-electron chi connectivity index (χ3n) is 6.19. The van der Waals surface area contributed by atoms with Crippen LogP contribution < -0.4 is 15.0 Å². The molecule has 1 saturated heterocycles. The fourth-order valence-electron chi connectivity index (χ4n) is 4.28. The van der Waals surface area contributed by atoms with Gasteiger partial charge in [0.2, 0.25) is 6.79 Å². The maximum absolute atomic E-state index is 12.0. The number of hydrogen-bond donors (Lipinski definition) is 3. The average Bonchev–Trinajstić information content (AvgIpc) is 3.46. The summed E-state index contributed by atoms with van der Waals surface area (Å²) in [5, 5.41) is 18.4. The van der Waals surface area contributed by atoms with Crippen LogP contribution in [0.4, 0.5) is 0 Å². The highest BCUT2D eigenvalue weighted by Gasteiger charge is 2.25. The van der Waals surface area contributed by atoms with Crippen LogP contribution in [0.1, 0.15) is 26.2 Å². The van der Waals surface area contributed by atoms with Crippen molar-refractivity contribution in [3.8, 4) is 11.5 Å². The zero-order chi connectivity index (χ0) is 23.8. The minimum absolute atomic E-state index is 0.153. The number of imidazole rings is 1. The molecule has 0 radical (unpaired) electrons. The number of carbonyl (C=O) groups excluding carboxylic acids is 1. The van der Waals surface area contributed by atoms with E-state index in [-0.39, 0.29) is 18.2 Å². The molecule has 1 atom stereocenters. The van der Waals surface area contributed by atoms with Crippen molar-refractivity contribution in [3.63, 3.8) is 0 Å². The molecule has 10 nitrogen and oxygen atoms in total. The van der Waals surface area contributed by atoms with Crippen molar-refractivity contribution < 1.29 is 19.4 Å². The van der Waals surface area contributed by atoms with E-state index in [0.29, 0.717) is 46.8 Å². The number of nitrogens with zero attached hydrogens (tertiary/aromatic N) is 4. The van der Waals surface area contributed by atoms with Gasteiger partial charge in [0.05, 0.1) is 6.33 Å². The largest absolute Gasteiger partial charge is 0.454 e. The predicted molar refractivity (Wildman–Crippen MR) is 128 cm³/mol. The monoisotopic (exact) mass is 548 g/mol. The summed E-state index contributed by atoms with van der Waals surface area (Å²) in [4.78, 5) is 26.9. The van der Waals surface area contributed by atoms with Crippen molar-refractivity contribution in [2.75, 3.05) is 19.9 Å². The number of aromatic amines is 1. The number of aliphatic hydroxyl groups excluding tert-OH is 1. The minimum atomic E-state index is -0.945. The summed E-state index contributed by atoms with van der Waals surface area (Å²) >= 11 is 5.02. The van der Waals surface area contributed by atoms with Gasteiger partial charge >= 0.3 is 0 Å². The number of piperidine rings is 1. The Bertz CT molecular complexity index is 1280. The molecule has 3 aromatic rings. The number of benzene rings is 1. The first-order valence-electron chi connectivity index (χ1n) is 11.1. The van der Waals surface area contributed by atoms with Crippen LogP contribution >= 0.6 is 27.7 Å². The number of rotatable bonds is 6. The Morgan fingerprint density at radius 1 is 1.35 bits per heavy atom. The Labute approximate surface area is 208 Å². The van der Waals surface area contributed by atoms with E-state index in [0.717, 1.165) is 35.2 Å². The van der Waals surface area contributed by atoms with E-state index in [4.69, 9.17) is 19.9 Å². The molecule has 180 valence electrons. The molecule has 0 bridgehead atoms. The molecule has 1 aromatic carbocycles. The average molecular weight is 549 g/mol. The molecule has 0 aliphatic carbocycles. The quantitative estimate of drug-likeness (QED) is 0.431. The molecule has 0 saturated carbocycles. The molecule has 2 aromatic heterocycles. The first-order chi connectivity index (χ1) is 16.4. The first-order valence-corrected chi connectivity index (χ1v) is 12.7. The Morgan fingerprint density at radius 2 is 2.09 bits per heavy atom. The summed E-state index contributed by atoms with van der Waals surface area (Å²) < 4.78 is 13.8. The molecule has 3 N–H and O–H groups in total. The molecule has 0 spiro atoms. The van der Waals surface area contributed by atoms with Crippen molar-refractivity contribution >= 4 is 44.8 Å². The topological polar surface area (TPSA) is 129 Å². The van der Waals surface area contributed by atoms with Crippen molar-refractivity contribution in [1.29, 1.82) is 5.41 Å². The number of hydrogen-bond acceptors (Lipinski definition) is 8. The van der Waals surface area contributed by atoms with Crippen LogP contribution in [0.3, 0.4) is 0 Å². The van der Waals surface area contributed by atoms with Crippen molar-refractivity contribution in [2.24, 2.45) is 5.92 Å². The standard InChI is InChI=1S/C22H25BrN6O4S/c1-12(30)21(31)28-5-2-13(3-6-28)4-7-29-10-25-19(24)18-20(29)27-22(26-18)34-17-9-16-15(8-14(17)23)32-11-33-16/h8-10,12-13,24,30H,2-7,11H2,1H3,(H,26,27). The lowest BCUT2D eigenvalue weighted by Crippen LogP contribution is -2.43. The third-order valence-corrected chi connectivity index (χ3v) is 8.06. The first kappa shape index (κ1) is 23.2. The lowest BCUT2D eigenvalue weighted by Gasteiger charge is -2.32.